The van der Waals surface area contributed by atoms with E-state index in [1.54, 1.807) is 17.0 Å². The number of amides is 3. The SMILES string of the molecule is C[C@@H](Cc1cc(Cl)ccc1C1CCN(C(=O)[C@@H](Cc2ccc(Cl)cc2F)NC(=O)N2CCCC2)CC1)CN(C)C. The zero-order chi connectivity index (χ0) is 28.8. The number of benzene rings is 2. The van der Waals surface area contributed by atoms with E-state index in [1.807, 2.05) is 11.0 Å². The molecule has 1 N–H and O–H groups in total. The maximum atomic E-state index is 14.7. The molecule has 218 valence electrons. The normalized spacial score (nSPS) is 17.8. The van der Waals surface area contributed by atoms with Crippen molar-refractivity contribution in [2.45, 2.75) is 57.4 Å². The number of carbonyl (C=O) groups is 2. The molecule has 0 bridgehead atoms. The minimum absolute atomic E-state index is 0.0758. The Hall–Kier alpha value is -2.35. The first kappa shape index (κ1) is 30.6. The fourth-order valence-corrected chi connectivity index (χ4v) is 6.47. The third kappa shape index (κ3) is 8.11. The Balaban J connectivity index is 1.45. The molecule has 2 aliphatic heterocycles. The molecule has 2 fully saturated rings. The fourth-order valence-electron chi connectivity index (χ4n) is 6.11. The zero-order valence-electron chi connectivity index (χ0n) is 23.8. The number of hydrogen-bond donors (Lipinski definition) is 1. The van der Waals surface area contributed by atoms with Gasteiger partial charge in [-0.05, 0) is 99.0 Å². The van der Waals surface area contributed by atoms with Crippen molar-refractivity contribution in [3.63, 3.8) is 0 Å². The maximum Gasteiger partial charge on any atom is 0.318 e. The number of nitrogens with one attached hydrogen (secondary N) is 1. The Morgan fingerprint density at radius 2 is 1.60 bits per heavy atom. The number of piperidine rings is 1. The minimum atomic E-state index is -0.849. The van der Waals surface area contributed by atoms with Gasteiger partial charge in [0.2, 0.25) is 5.91 Å². The highest BCUT2D eigenvalue weighted by atomic mass is 35.5. The summed E-state index contributed by atoms with van der Waals surface area (Å²) in [7, 11) is 4.18. The van der Waals surface area contributed by atoms with Crippen LogP contribution in [0.25, 0.3) is 0 Å². The van der Waals surface area contributed by atoms with Crippen LogP contribution in [0.5, 0.6) is 0 Å². The first-order valence-corrected chi connectivity index (χ1v) is 15.1. The molecule has 0 spiro atoms. The summed E-state index contributed by atoms with van der Waals surface area (Å²) >= 11 is 12.3. The van der Waals surface area contributed by atoms with Gasteiger partial charge in [-0.2, -0.15) is 0 Å². The third-order valence-corrected chi connectivity index (χ3v) is 8.50. The largest absolute Gasteiger partial charge is 0.341 e. The summed E-state index contributed by atoms with van der Waals surface area (Å²) in [6, 6.07) is 9.52. The molecule has 9 heteroatoms. The second-order valence-electron chi connectivity index (χ2n) is 11.7. The second-order valence-corrected chi connectivity index (χ2v) is 12.5. The highest BCUT2D eigenvalue weighted by Crippen LogP contribution is 2.33. The van der Waals surface area contributed by atoms with Gasteiger partial charge in [0.15, 0.2) is 0 Å². The van der Waals surface area contributed by atoms with E-state index in [4.69, 9.17) is 23.2 Å². The predicted molar refractivity (Wildman–Crippen MR) is 160 cm³/mol. The summed E-state index contributed by atoms with van der Waals surface area (Å²) in [5.74, 6) is 0.172. The second kappa shape index (κ2) is 14.0. The van der Waals surface area contributed by atoms with Crippen molar-refractivity contribution in [3.05, 3.63) is 69.0 Å². The molecule has 0 aliphatic carbocycles. The van der Waals surface area contributed by atoms with Crippen LogP contribution in [0.2, 0.25) is 10.0 Å². The van der Waals surface area contributed by atoms with Crippen LogP contribution in [0.4, 0.5) is 9.18 Å². The van der Waals surface area contributed by atoms with Crippen LogP contribution in [0.15, 0.2) is 36.4 Å². The van der Waals surface area contributed by atoms with E-state index in [2.05, 4.69) is 43.4 Å². The lowest BCUT2D eigenvalue weighted by molar-refractivity contribution is -0.134. The number of halogens is 3. The summed E-state index contributed by atoms with van der Waals surface area (Å²) in [5.41, 5.74) is 2.95. The van der Waals surface area contributed by atoms with Crippen LogP contribution >= 0.6 is 23.2 Å². The number of hydrogen-bond acceptors (Lipinski definition) is 3. The van der Waals surface area contributed by atoms with E-state index < -0.39 is 11.9 Å². The molecule has 0 unspecified atom stereocenters. The molecule has 0 saturated carbocycles. The number of likely N-dealkylation sites (tertiary alicyclic amines) is 2. The van der Waals surface area contributed by atoms with Crippen LogP contribution < -0.4 is 5.32 Å². The van der Waals surface area contributed by atoms with Gasteiger partial charge in [0.1, 0.15) is 11.9 Å². The van der Waals surface area contributed by atoms with E-state index >= 15 is 0 Å². The van der Waals surface area contributed by atoms with Crippen LogP contribution in [-0.2, 0) is 17.6 Å². The maximum absolute atomic E-state index is 14.7. The topological polar surface area (TPSA) is 55.9 Å². The third-order valence-electron chi connectivity index (χ3n) is 8.02. The number of carbonyl (C=O) groups excluding carboxylic acids is 2. The summed E-state index contributed by atoms with van der Waals surface area (Å²) in [4.78, 5) is 32.5. The Morgan fingerprint density at radius 1 is 0.950 bits per heavy atom. The van der Waals surface area contributed by atoms with Crippen molar-refractivity contribution in [1.29, 1.82) is 0 Å². The lowest BCUT2D eigenvalue weighted by atomic mass is 9.84. The van der Waals surface area contributed by atoms with E-state index in [9.17, 15) is 14.0 Å². The van der Waals surface area contributed by atoms with Gasteiger partial charge in [-0.1, -0.05) is 42.3 Å². The van der Waals surface area contributed by atoms with Gasteiger partial charge in [-0.3, -0.25) is 4.79 Å². The Bertz CT molecular complexity index is 1180. The molecule has 40 heavy (non-hydrogen) atoms. The van der Waals surface area contributed by atoms with Gasteiger partial charge in [0, 0.05) is 49.2 Å². The van der Waals surface area contributed by atoms with Gasteiger partial charge >= 0.3 is 6.03 Å². The Kier molecular flexibility index (Phi) is 10.7. The zero-order valence-corrected chi connectivity index (χ0v) is 25.3. The average molecular weight is 592 g/mol. The van der Waals surface area contributed by atoms with E-state index in [1.165, 1.54) is 17.2 Å². The molecular weight excluding hydrogens is 550 g/mol. The molecule has 6 nitrogen and oxygen atoms in total. The van der Waals surface area contributed by atoms with Crippen molar-refractivity contribution >= 4 is 35.1 Å². The van der Waals surface area contributed by atoms with E-state index in [0.29, 0.717) is 48.6 Å². The van der Waals surface area contributed by atoms with Gasteiger partial charge in [-0.25, -0.2) is 9.18 Å². The molecule has 2 aromatic carbocycles. The van der Waals surface area contributed by atoms with Gasteiger partial charge in [-0.15, -0.1) is 0 Å². The lowest BCUT2D eigenvalue weighted by Crippen LogP contribution is -2.54. The van der Waals surface area contributed by atoms with Crippen LogP contribution in [-0.4, -0.2) is 79.5 Å². The average Bonchev–Trinajstić information content (AvgIpc) is 3.44. The van der Waals surface area contributed by atoms with Crippen LogP contribution in [0.3, 0.4) is 0 Å². The molecule has 3 amide bonds. The van der Waals surface area contributed by atoms with Crippen molar-refractivity contribution in [1.82, 2.24) is 20.0 Å². The molecule has 2 aromatic rings. The summed E-state index contributed by atoms with van der Waals surface area (Å²) < 4.78 is 14.7. The van der Waals surface area contributed by atoms with Crippen LogP contribution in [0, 0.1) is 11.7 Å². The summed E-state index contributed by atoms with van der Waals surface area (Å²) in [5, 5.41) is 3.96. The van der Waals surface area contributed by atoms with Crippen molar-refractivity contribution in [2.75, 3.05) is 46.8 Å². The van der Waals surface area contributed by atoms with Gasteiger partial charge in [0.25, 0.3) is 0 Å². The first-order valence-electron chi connectivity index (χ1n) is 14.3. The fraction of sp³-hybridized carbons (Fsp3) is 0.548. The molecule has 2 atom stereocenters. The standard InChI is InChI=1S/C31H41Cl2FN4O2/c1-21(20-36(2)3)16-24-17-25(32)8-9-27(24)22-10-14-37(15-11-22)30(39)29(35-31(40)38-12-4-5-13-38)18-23-6-7-26(33)19-28(23)34/h6-9,17,19,21-22,29H,4-5,10-16,18,20H2,1-3H3,(H,35,40)/t21-,29+/m0/s1. The van der Waals surface area contributed by atoms with Crippen molar-refractivity contribution in [2.24, 2.45) is 5.92 Å². The predicted octanol–water partition coefficient (Wildman–Crippen LogP) is 6.00. The van der Waals surface area contributed by atoms with Crippen molar-refractivity contribution in [3.8, 4) is 0 Å². The van der Waals surface area contributed by atoms with E-state index in [-0.39, 0.29) is 18.4 Å². The molecule has 2 saturated heterocycles. The quantitative estimate of drug-likeness (QED) is 0.390. The van der Waals surface area contributed by atoms with Gasteiger partial charge in [0.05, 0.1) is 0 Å². The molecule has 2 aliphatic rings. The lowest BCUT2D eigenvalue weighted by Gasteiger charge is -2.36. The highest BCUT2D eigenvalue weighted by molar-refractivity contribution is 6.30. The summed E-state index contributed by atoms with van der Waals surface area (Å²) in [6.07, 6.45) is 4.57. The smallest absolute Gasteiger partial charge is 0.318 e. The molecule has 2 heterocycles. The molecule has 0 radical (unpaired) electrons. The Labute approximate surface area is 247 Å². The van der Waals surface area contributed by atoms with Gasteiger partial charge < -0.3 is 20.0 Å². The molecule has 0 aromatic heterocycles. The number of rotatable bonds is 9. The minimum Gasteiger partial charge on any atom is -0.341 e. The monoisotopic (exact) mass is 590 g/mol. The highest BCUT2D eigenvalue weighted by Gasteiger charge is 2.32. The number of nitrogens with zero attached hydrogens (tertiary/aromatic N) is 3. The Morgan fingerprint density at radius 3 is 2.25 bits per heavy atom. The van der Waals surface area contributed by atoms with E-state index in [0.717, 1.165) is 43.7 Å². The molecule has 4 rings (SSSR count). The first-order chi connectivity index (χ1) is 19.1. The molecular formula is C31H41Cl2FN4O2. The van der Waals surface area contributed by atoms with Crippen molar-refractivity contribution < 1.29 is 14.0 Å². The number of urea groups is 1. The summed E-state index contributed by atoms with van der Waals surface area (Å²) in [6.45, 7) is 5.76. The van der Waals surface area contributed by atoms with Crippen LogP contribution in [0.1, 0.15) is 55.2 Å².